The second kappa shape index (κ2) is 8.12. The second-order valence-corrected chi connectivity index (χ2v) is 6.60. The number of aliphatic imine (C=N–C) groups is 1. The number of hydrogen-bond donors (Lipinski definition) is 1. The summed E-state index contributed by atoms with van der Waals surface area (Å²) in [4.78, 5) is 31.4. The van der Waals surface area contributed by atoms with Crippen molar-refractivity contribution in [2.75, 3.05) is 33.2 Å². The zero-order valence-corrected chi connectivity index (χ0v) is 16.1. The van der Waals surface area contributed by atoms with E-state index in [4.69, 9.17) is 0 Å². The minimum Gasteiger partial charge on any atom is -0.354 e. The summed E-state index contributed by atoms with van der Waals surface area (Å²) in [5.41, 5.74) is 0.316. The van der Waals surface area contributed by atoms with E-state index in [1.807, 2.05) is 0 Å². The minimum absolute atomic E-state index is 0. The van der Waals surface area contributed by atoms with Gasteiger partial charge in [0, 0.05) is 46.1 Å². The Hall–Kier alpha value is -0.860. The Labute approximate surface area is 149 Å². The fourth-order valence-corrected chi connectivity index (χ4v) is 2.95. The van der Waals surface area contributed by atoms with Crippen LogP contribution in [0.25, 0.3) is 0 Å². The molecule has 1 N–H and O–H groups in total. The number of rotatable bonds is 3. The van der Waals surface area contributed by atoms with Gasteiger partial charge in [-0.2, -0.15) is 0 Å². The lowest BCUT2D eigenvalue weighted by molar-refractivity contribution is -0.147. The van der Waals surface area contributed by atoms with Crippen LogP contribution in [0.15, 0.2) is 4.99 Å². The summed E-state index contributed by atoms with van der Waals surface area (Å²) in [5, 5.41) is 3.27. The fraction of sp³-hybridized carbons (Fsp3) is 0.800. The van der Waals surface area contributed by atoms with Crippen LogP contribution in [0.1, 0.15) is 39.5 Å². The molecule has 2 heterocycles. The summed E-state index contributed by atoms with van der Waals surface area (Å²) in [6, 6.07) is 0. The highest BCUT2D eigenvalue weighted by Crippen LogP contribution is 2.28. The molecule has 2 amide bonds. The highest BCUT2D eigenvalue weighted by Gasteiger charge is 2.31. The molecule has 0 aliphatic carbocycles. The fourth-order valence-electron chi connectivity index (χ4n) is 2.95. The topological polar surface area (TPSA) is 65.0 Å². The number of carbonyl (C=O) groups is 2. The SMILES string of the molecule is CN=C(NCCN1C(=O)CCCC1=O)N1CCC(C)(C)C1.I. The van der Waals surface area contributed by atoms with Crippen molar-refractivity contribution in [3.8, 4) is 0 Å². The lowest BCUT2D eigenvalue weighted by Crippen LogP contribution is -2.47. The number of hydrogen-bond acceptors (Lipinski definition) is 3. The Bertz CT molecular complexity index is 435. The maximum Gasteiger partial charge on any atom is 0.229 e. The lowest BCUT2D eigenvalue weighted by atomic mass is 9.93. The summed E-state index contributed by atoms with van der Waals surface area (Å²) in [7, 11) is 1.77. The van der Waals surface area contributed by atoms with E-state index in [2.05, 4.69) is 29.1 Å². The number of nitrogens with zero attached hydrogens (tertiary/aromatic N) is 3. The highest BCUT2D eigenvalue weighted by atomic mass is 127. The molecule has 7 heteroatoms. The maximum atomic E-state index is 11.7. The molecule has 0 spiro atoms. The number of imide groups is 1. The van der Waals surface area contributed by atoms with E-state index >= 15 is 0 Å². The van der Waals surface area contributed by atoms with Gasteiger partial charge in [-0.25, -0.2) is 0 Å². The zero-order valence-electron chi connectivity index (χ0n) is 13.7. The van der Waals surface area contributed by atoms with Crippen LogP contribution in [-0.4, -0.2) is 60.8 Å². The second-order valence-electron chi connectivity index (χ2n) is 6.60. The van der Waals surface area contributed by atoms with Gasteiger partial charge in [-0.15, -0.1) is 24.0 Å². The molecule has 2 aliphatic heterocycles. The highest BCUT2D eigenvalue weighted by molar-refractivity contribution is 14.0. The third kappa shape index (κ3) is 4.82. The standard InChI is InChI=1S/C15H26N4O2.HI/c1-15(2)7-9-18(11-15)14(16-3)17-8-10-19-12(20)5-4-6-13(19)21;/h4-11H2,1-3H3,(H,16,17);1H. The van der Waals surface area contributed by atoms with Crippen LogP contribution < -0.4 is 5.32 Å². The summed E-state index contributed by atoms with van der Waals surface area (Å²) in [5.74, 6) is 0.758. The van der Waals surface area contributed by atoms with Crippen molar-refractivity contribution >= 4 is 41.8 Å². The lowest BCUT2D eigenvalue weighted by Gasteiger charge is -2.27. The first-order chi connectivity index (χ1) is 9.93. The van der Waals surface area contributed by atoms with Gasteiger partial charge in [-0.1, -0.05) is 13.8 Å². The molecule has 2 saturated heterocycles. The summed E-state index contributed by atoms with van der Waals surface area (Å²) >= 11 is 0. The van der Waals surface area contributed by atoms with Crippen molar-refractivity contribution in [2.45, 2.75) is 39.5 Å². The van der Waals surface area contributed by atoms with Gasteiger partial charge >= 0.3 is 0 Å². The van der Waals surface area contributed by atoms with Crippen molar-refractivity contribution in [1.29, 1.82) is 0 Å². The number of amides is 2. The van der Waals surface area contributed by atoms with E-state index in [1.165, 1.54) is 4.90 Å². The van der Waals surface area contributed by atoms with Gasteiger partial charge in [0.1, 0.15) is 0 Å². The van der Waals surface area contributed by atoms with E-state index in [-0.39, 0.29) is 35.8 Å². The van der Waals surface area contributed by atoms with Crippen LogP contribution in [0, 0.1) is 5.41 Å². The predicted octanol–water partition coefficient (Wildman–Crippen LogP) is 1.45. The number of piperidine rings is 1. The molecule has 0 bridgehead atoms. The summed E-state index contributed by atoms with van der Waals surface area (Å²) < 4.78 is 0. The van der Waals surface area contributed by atoms with Crippen LogP contribution in [0.3, 0.4) is 0 Å². The van der Waals surface area contributed by atoms with Crippen molar-refractivity contribution in [3.63, 3.8) is 0 Å². The Morgan fingerprint density at radius 1 is 1.27 bits per heavy atom. The molecule has 0 atom stereocenters. The Morgan fingerprint density at radius 3 is 2.41 bits per heavy atom. The van der Waals surface area contributed by atoms with Crippen molar-refractivity contribution in [3.05, 3.63) is 0 Å². The van der Waals surface area contributed by atoms with Crippen molar-refractivity contribution in [1.82, 2.24) is 15.1 Å². The van der Waals surface area contributed by atoms with E-state index < -0.39 is 0 Å². The quantitative estimate of drug-likeness (QED) is 0.324. The molecule has 6 nitrogen and oxygen atoms in total. The first kappa shape index (κ1) is 19.2. The largest absolute Gasteiger partial charge is 0.354 e. The first-order valence-corrected chi connectivity index (χ1v) is 7.72. The van der Waals surface area contributed by atoms with Crippen LogP contribution in [0.4, 0.5) is 0 Å². The molecule has 0 aromatic carbocycles. The predicted molar refractivity (Wildman–Crippen MR) is 97.3 cm³/mol. The van der Waals surface area contributed by atoms with Gasteiger partial charge in [0.25, 0.3) is 0 Å². The van der Waals surface area contributed by atoms with Crippen LogP contribution in [0.2, 0.25) is 0 Å². The van der Waals surface area contributed by atoms with Crippen LogP contribution in [-0.2, 0) is 9.59 Å². The van der Waals surface area contributed by atoms with Gasteiger partial charge in [-0.05, 0) is 18.3 Å². The van der Waals surface area contributed by atoms with Gasteiger partial charge < -0.3 is 10.2 Å². The molecule has 2 aliphatic rings. The van der Waals surface area contributed by atoms with Gasteiger partial charge in [0.15, 0.2) is 5.96 Å². The van der Waals surface area contributed by atoms with Crippen molar-refractivity contribution < 1.29 is 9.59 Å². The number of halogens is 1. The molecule has 126 valence electrons. The monoisotopic (exact) mass is 422 g/mol. The number of carbonyl (C=O) groups excluding carboxylic acids is 2. The number of guanidine groups is 1. The first-order valence-electron chi connectivity index (χ1n) is 7.72. The zero-order chi connectivity index (χ0) is 15.5. The number of nitrogens with one attached hydrogen (secondary N) is 1. The molecule has 0 saturated carbocycles. The molecule has 2 rings (SSSR count). The normalized spacial score (nSPS) is 21.9. The average molecular weight is 422 g/mol. The van der Waals surface area contributed by atoms with E-state index in [0.717, 1.165) is 25.5 Å². The van der Waals surface area contributed by atoms with Crippen LogP contribution >= 0.6 is 24.0 Å². The number of likely N-dealkylation sites (tertiary alicyclic amines) is 2. The van der Waals surface area contributed by atoms with Gasteiger partial charge in [-0.3, -0.25) is 19.5 Å². The van der Waals surface area contributed by atoms with E-state index in [0.29, 0.717) is 37.8 Å². The summed E-state index contributed by atoms with van der Waals surface area (Å²) in [6.07, 6.45) is 2.81. The summed E-state index contributed by atoms with van der Waals surface area (Å²) in [6.45, 7) is 7.47. The van der Waals surface area contributed by atoms with Gasteiger partial charge in [0.05, 0.1) is 0 Å². The average Bonchev–Trinajstić information content (AvgIpc) is 2.78. The van der Waals surface area contributed by atoms with E-state index in [1.54, 1.807) is 7.05 Å². The molecule has 0 aromatic heterocycles. The molecule has 0 aromatic rings. The Balaban J connectivity index is 0.00000242. The van der Waals surface area contributed by atoms with E-state index in [9.17, 15) is 9.59 Å². The molecular weight excluding hydrogens is 395 g/mol. The Morgan fingerprint density at radius 2 is 1.91 bits per heavy atom. The third-order valence-corrected chi connectivity index (χ3v) is 4.19. The molecule has 0 radical (unpaired) electrons. The van der Waals surface area contributed by atoms with Crippen LogP contribution in [0.5, 0.6) is 0 Å². The smallest absolute Gasteiger partial charge is 0.229 e. The molecule has 22 heavy (non-hydrogen) atoms. The molecule has 0 unspecified atom stereocenters. The molecular formula is C15H27IN4O2. The minimum atomic E-state index is -0.0506. The third-order valence-electron chi connectivity index (χ3n) is 4.19. The molecule has 2 fully saturated rings. The maximum absolute atomic E-state index is 11.7. The van der Waals surface area contributed by atoms with Crippen molar-refractivity contribution in [2.24, 2.45) is 10.4 Å². The Kier molecular flexibility index (Phi) is 7.08. The van der Waals surface area contributed by atoms with Gasteiger partial charge in [0.2, 0.25) is 11.8 Å².